The number of rotatable bonds is 5. The molecule has 1 aromatic carbocycles. The molecular formula is C13H22N2O. The van der Waals surface area contributed by atoms with Crippen molar-refractivity contribution in [1.29, 1.82) is 0 Å². The van der Waals surface area contributed by atoms with E-state index in [-0.39, 0.29) is 0 Å². The summed E-state index contributed by atoms with van der Waals surface area (Å²) in [7, 11) is 3.80. The molecule has 0 fully saturated rings. The molecule has 0 saturated heterocycles. The first kappa shape index (κ1) is 13.0. The molecule has 0 aliphatic heterocycles. The molecule has 0 spiro atoms. The van der Waals surface area contributed by atoms with Gasteiger partial charge in [0.25, 0.3) is 0 Å². The summed E-state index contributed by atoms with van der Waals surface area (Å²) in [6.45, 7) is 6.65. The van der Waals surface area contributed by atoms with E-state index in [0.29, 0.717) is 6.54 Å². The third-order valence-corrected chi connectivity index (χ3v) is 2.65. The van der Waals surface area contributed by atoms with Crippen LogP contribution in [0.5, 0.6) is 5.75 Å². The van der Waals surface area contributed by atoms with Crippen LogP contribution in [-0.2, 0) is 6.54 Å². The Morgan fingerprint density at radius 3 is 2.56 bits per heavy atom. The molecule has 0 aliphatic carbocycles. The van der Waals surface area contributed by atoms with Crippen molar-refractivity contribution in [2.24, 2.45) is 5.73 Å². The smallest absolute Gasteiger partial charge is 0.126 e. The number of hydrogen-bond donors (Lipinski definition) is 1. The summed E-state index contributed by atoms with van der Waals surface area (Å²) < 4.78 is 5.45. The topological polar surface area (TPSA) is 38.5 Å². The van der Waals surface area contributed by atoms with Crippen molar-refractivity contribution >= 4 is 0 Å². The number of benzene rings is 1. The molecule has 1 rings (SSSR count). The Morgan fingerprint density at radius 2 is 2.00 bits per heavy atom. The molecule has 3 nitrogen and oxygen atoms in total. The predicted molar refractivity (Wildman–Crippen MR) is 67.9 cm³/mol. The fourth-order valence-corrected chi connectivity index (χ4v) is 2.04. The molecule has 0 unspecified atom stereocenters. The minimum absolute atomic E-state index is 0.684. The van der Waals surface area contributed by atoms with Gasteiger partial charge in [0.05, 0.1) is 7.11 Å². The van der Waals surface area contributed by atoms with Crippen LogP contribution in [0.3, 0.4) is 0 Å². The average molecular weight is 222 g/mol. The fraction of sp³-hybridized carbons (Fsp3) is 0.538. The van der Waals surface area contributed by atoms with Gasteiger partial charge in [0.2, 0.25) is 0 Å². The zero-order chi connectivity index (χ0) is 12.1. The first-order valence-corrected chi connectivity index (χ1v) is 5.61. The van der Waals surface area contributed by atoms with Crippen LogP contribution in [-0.4, -0.2) is 32.1 Å². The van der Waals surface area contributed by atoms with Gasteiger partial charge in [-0.1, -0.05) is 17.7 Å². The van der Waals surface area contributed by atoms with Crippen molar-refractivity contribution in [2.75, 3.05) is 27.2 Å². The fourth-order valence-electron chi connectivity index (χ4n) is 2.04. The number of nitrogens with zero attached hydrogens (tertiary/aromatic N) is 1. The lowest BCUT2D eigenvalue weighted by molar-refractivity contribution is 0.324. The van der Waals surface area contributed by atoms with Crippen molar-refractivity contribution in [3.63, 3.8) is 0 Å². The molecule has 0 saturated carbocycles. The lowest BCUT2D eigenvalue weighted by Crippen LogP contribution is -2.25. The number of hydrogen-bond acceptors (Lipinski definition) is 3. The van der Waals surface area contributed by atoms with Crippen LogP contribution in [0, 0.1) is 13.8 Å². The third-order valence-electron chi connectivity index (χ3n) is 2.65. The molecule has 2 N–H and O–H groups in total. The van der Waals surface area contributed by atoms with Gasteiger partial charge in [-0.15, -0.1) is 0 Å². The summed E-state index contributed by atoms with van der Waals surface area (Å²) in [5, 5.41) is 0. The maximum atomic E-state index is 5.54. The Labute approximate surface area is 98.2 Å². The summed E-state index contributed by atoms with van der Waals surface area (Å²) in [4.78, 5) is 2.21. The Morgan fingerprint density at radius 1 is 1.31 bits per heavy atom. The summed E-state index contributed by atoms with van der Waals surface area (Å²) in [5.41, 5.74) is 9.24. The lowest BCUT2D eigenvalue weighted by Gasteiger charge is -2.19. The van der Waals surface area contributed by atoms with Crippen molar-refractivity contribution in [2.45, 2.75) is 20.4 Å². The zero-order valence-electron chi connectivity index (χ0n) is 10.7. The van der Waals surface area contributed by atoms with Gasteiger partial charge in [-0.25, -0.2) is 0 Å². The van der Waals surface area contributed by atoms with Crippen LogP contribution in [0.25, 0.3) is 0 Å². The van der Waals surface area contributed by atoms with Crippen molar-refractivity contribution < 1.29 is 4.74 Å². The van der Waals surface area contributed by atoms with Crippen molar-refractivity contribution in [1.82, 2.24) is 4.90 Å². The maximum absolute atomic E-state index is 5.54. The van der Waals surface area contributed by atoms with Gasteiger partial charge in [-0.3, -0.25) is 0 Å². The third kappa shape index (κ3) is 3.22. The van der Waals surface area contributed by atoms with E-state index in [1.165, 1.54) is 16.7 Å². The van der Waals surface area contributed by atoms with Gasteiger partial charge in [-0.2, -0.15) is 0 Å². The van der Waals surface area contributed by atoms with E-state index >= 15 is 0 Å². The molecule has 0 aromatic heterocycles. The summed E-state index contributed by atoms with van der Waals surface area (Å²) in [6.07, 6.45) is 0. The largest absolute Gasteiger partial charge is 0.496 e. The first-order valence-electron chi connectivity index (χ1n) is 5.61. The van der Waals surface area contributed by atoms with Gasteiger partial charge >= 0.3 is 0 Å². The lowest BCUT2D eigenvalue weighted by atomic mass is 10.1. The highest BCUT2D eigenvalue weighted by molar-refractivity contribution is 5.43. The van der Waals surface area contributed by atoms with Crippen LogP contribution in [0.15, 0.2) is 12.1 Å². The second-order valence-electron chi connectivity index (χ2n) is 4.30. The van der Waals surface area contributed by atoms with E-state index in [1.54, 1.807) is 7.11 Å². The predicted octanol–water partition coefficient (Wildman–Crippen LogP) is 1.70. The highest BCUT2D eigenvalue weighted by Gasteiger charge is 2.09. The molecule has 1 aromatic rings. The summed E-state index contributed by atoms with van der Waals surface area (Å²) >= 11 is 0. The molecular weight excluding hydrogens is 200 g/mol. The minimum Gasteiger partial charge on any atom is -0.496 e. The highest BCUT2D eigenvalue weighted by atomic mass is 16.5. The molecule has 0 bridgehead atoms. The van der Waals surface area contributed by atoms with Crippen molar-refractivity contribution in [3.8, 4) is 5.75 Å². The Hall–Kier alpha value is -1.06. The molecule has 90 valence electrons. The standard InChI is InChI=1S/C13H22N2O/c1-10-7-11(2)13(16-4)12(8-10)9-15(3)6-5-14/h7-8H,5-6,9,14H2,1-4H3. The Balaban J connectivity index is 2.93. The van der Waals surface area contributed by atoms with Crippen molar-refractivity contribution in [3.05, 3.63) is 28.8 Å². The molecule has 0 aliphatic rings. The van der Waals surface area contributed by atoms with E-state index in [0.717, 1.165) is 18.8 Å². The molecule has 3 heteroatoms. The average Bonchev–Trinajstić information content (AvgIpc) is 2.17. The Kier molecular flexibility index (Phi) is 4.77. The molecule has 0 heterocycles. The van der Waals surface area contributed by atoms with Crippen LogP contribution in [0.4, 0.5) is 0 Å². The normalized spacial score (nSPS) is 10.9. The van der Waals surface area contributed by atoms with E-state index in [9.17, 15) is 0 Å². The van der Waals surface area contributed by atoms with Gasteiger partial charge in [-0.05, 0) is 26.5 Å². The van der Waals surface area contributed by atoms with Crippen LogP contribution >= 0.6 is 0 Å². The summed E-state index contributed by atoms with van der Waals surface area (Å²) in [5.74, 6) is 0.995. The maximum Gasteiger partial charge on any atom is 0.126 e. The van der Waals surface area contributed by atoms with E-state index in [4.69, 9.17) is 10.5 Å². The first-order chi connectivity index (χ1) is 7.58. The Bertz CT molecular complexity index is 350. The molecule has 16 heavy (non-hydrogen) atoms. The number of nitrogens with two attached hydrogens (primary N) is 1. The van der Waals surface area contributed by atoms with E-state index < -0.39 is 0 Å². The molecule has 0 amide bonds. The quantitative estimate of drug-likeness (QED) is 0.824. The monoisotopic (exact) mass is 222 g/mol. The van der Waals surface area contributed by atoms with Gasteiger partial charge in [0, 0.05) is 25.2 Å². The minimum atomic E-state index is 0.684. The second kappa shape index (κ2) is 5.87. The summed E-state index contributed by atoms with van der Waals surface area (Å²) in [6, 6.07) is 4.32. The highest BCUT2D eigenvalue weighted by Crippen LogP contribution is 2.25. The number of methoxy groups -OCH3 is 1. The van der Waals surface area contributed by atoms with Gasteiger partial charge < -0.3 is 15.4 Å². The number of aryl methyl sites for hydroxylation is 2. The zero-order valence-corrected chi connectivity index (χ0v) is 10.7. The number of likely N-dealkylation sites (N-methyl/N-ethyl adjacent to an activating group) is 1. The molecule has 0 radical (unpaired) electrons. The second-order valence-corrected chi connectivity index (χ2v) is 4.30. The number of ether oxygens (including phenoxy) is 1. The van der Waals surface area contributed by atoms with Crippen LogP contribution < -0.4 is 10.5 Å². The van der Waals surface area contributed by atoms with Crippen LogP contribution in [0.2, 0.25) is 0 Å². The van der Waals surface area contributed by atoms with Gasteiger partial charge in [0.1, 0.15) is 5.75 Å². The van der Waals surface area contributed by atoms with Gasteiger partial charge in [0.15, 0.2) is 0 Å². The van der Waals surface area contributed by atoms with Crippen LogP contribution in [0.1, 0.15) is 16.7 Å². The van der Waals surface area contributed by atoms with E-state index in [1.807, 2.05) is 0 Å². The SMILES string of the molecule is COc1c(C)cc(C)cc1CN(C)CCN. The molecule has 0 atom stereocenters. The van der Waals surface area contributed by atoms with E-state index in [2.05, 4.69) is 37.9 Å².